The molecule has 2 aromatic heterocycles. The van der Waals surface area contributed by atoms with Crippen LogP contribution in [-0.4, -0.2) is 62.4 Å². The Morgan fingerprint density at radius 1 is 0.879 bits per heavy atom. The van der Waals surface area contributed by atoms with Crippen molar-refractivity contribution in [3.8, 4) is 0 Å². The summed E-state index contributed by atoms with van der Waals surface area (Å²) in [6.07, 6.45) is 8.90. The van der Waals surface area contributed by atoms with Crippen LogP contribution in [0.2, 0.25) is 0 Å². The number of hydrogen-bond donors (Lipinski definition) is 0. The van der Waals surface area contributed by atoms with Crippen LogP contribution in [0.1, 0.15) is 43.0 Å². The number of amides is 2. The Balaban J connectivity index is 1.17. The summed E-state index contributed by atoms with van der Waals surface area (Å²) in [7, 11) is 0. The van der Waals surface area contributed by atoms with Crippen molar-refractivity contribution < 1.29 is 9.59 Å². The lowest BCUT2D eigenvalue weighted by atomic mass is 9.92. The average Bonchev–Trinajstić information content (AvgIpc) is 3.32. The molecule has 7 heteroatoms. The molecule has 2 amide bonds. The van der Waals surface area contributed by atoms with E-state index in [0.717, 1.165) is 49.3 Å². The van der Waals surface area contributed by atoms with Gasteiger partial charge < -0.3 is 9.80 Å². The van der Waals surface area contributed by atoms with E-state index in [-0.39, 0.29) is 23.7 Å². The topological polar surface area (TPSA) is 70.8 Å². The van der Waals surface area contributed by atoms with Crippen LogP contribution in [0, 0.1) is 5.92 Å². The summed E-state index contributed by atoms with van der Waals surface area (Å²) in [5.41, 5.74) is 1.85. The molecule has 2 fully saturated rings. The molecule has 2 aliphatic rings. The number of hydrogen-bond acceptors (Lipinski definition) is 4. The minimum atomic E-state index is -0.0129. The van der Waals surface area contributed by atoms with Gasteiger partial charge in [0.1, 0.15) is 5.82 Å². The van der Waals surface area contributed by atoms with E-state index in [0.29, 0.717) is 19.6 Å². The van der Waals surface area contributed by atoms with Gasteiger partial charge in [0, 0.05) is 50.3 Å². The first-order valence-corrected chi connectivity index (χ1v) is 11.8. The van der Waals surface area contributed by atoms with Crippen LogP contribution in [0.3, 0.4) is 0 Å². The number of piperidine rings is 2. The number of likely N-dealkylation sites (tertiary alicyclic amines) is 2. The van der Waals surface area contributed by atoms with Gasteiger partial charge in [-0.2, -0.15) is 0 Å². The number of nitrogens with zero attached hydrogens (tertiary/aromatic N) is 5. The molecule has 2 saturated heterocycles. The largest absolute Gasteiger partial charge is 0.342 e. The van der Waals surface area contributed by atoms with E-state index >= 15 is 0 Å². The molecule has 0 aliphatic carbocycles. The fourth-order valence-electron chi connectivity index (χ4n) is 4.97. The van der Waals surface area contributed by atoms with Crippen LogP contribution < -0.4 is 0 Å². The molecule has 0 spiro atoms. The van der Waals surface area contributed by atoms with E-state index in [1.807, 2.05) is 75.0 Å². The summed E-state index contributed by atoms with van der Waals surface area (Å²) < 4.78 is 2.03. The van der Waals surface area contributed by atoms with E-state index in [1.165, 1.54) is 0 Å². The lowest BCUT2D eigenvalue weighted by Crippen LogP contribution is -2.46. The maximum absolute atomic E-state index is 13.3. The van der Waals surface area contributed by atoms with Crippen molar-refractivity contribution in [3.63, 3.8) is 0 Å². The van der Waals surface area contributed by atoms with E-state index in [9.17, 15) is 9.59 Å². The van der Waals surface area contributed by atoms with Gasteiger partial charge in [-0.25, -0.2) is 0 Å². The number of carbonyl (C=O) groups is 2. The van der Waals surface area contributed by atoms with Crippen LogP contribution >= 0.6 is 0 Å². The number of aromatic nitrogens is 3. The summed E-state index contributed by atoms with van der Waals surface area (Å²) in [4.78, 5) is 29.7. The number of rotatable bonds is 4. The number of pyridine rings is 1. The maximum Gasteiger partial charge on any atom is 0.246 e. The van der Waals surface area contributed by atoms with Gasteiger partial charge in [-0.1, -0.05) is 36.4 Å². The van der Waals surface area contributed by atoms with Crippen molar-refractivity contribution in [2.45, 2.75) is 31.6 Å². The van der Waals surface area contributed by atoms with Gasteiger partial charge in [0.25, 0.3) is 0 Å². The van der Waals surface area contributed by atoms with Gasteiger partial charge in [0.2, 0.25) is 11.8 Å². The predicted octanol–water partition coefficient (Wildman–Crippen LogP) is 3.39. The third kappa shape index (κ3) is 4.67. The van der Waals surface area contributed by atoms with Crippen molar-refractivity contribution in [2.24, 2.45) is 5.92 Å². The highest BCUT2D eigenvalue weighted by Gasteiger charge is 2.33. The zero-order valence-corrected chi connectivity index (χ0v) is 18.7. The molecule has 4 heterocycles. The van der Waals surface area contributed by atoms with Crippen molar-refractivity contribution >= 4 is 23.5 Å². The smallest absolute Gasteiger partial charge is 0.246 e. The fraction of sp³-hybridized carbons (Fsp3) is 0.385. The highest BCUT2D eigenvalue weighted by atomic mass is 16.2. The van der Waals surface area contributed by atoms with Gasteiger partial charge in [-0.3, -0.25) is 14.0 Å². The Morgan fingerprint density at radius 2 is 1.67 bits per heavy atom. The standard InChI is InChI=1S/C26H29N5O2/c32-24(12-11-20-7-2-1-3-8-20)29-17-13-21(14-18-29)26(33)30-15-6-9-22(19-30)25-28-27-23-10-4-5-16-31(23)25/h1-5,7-8,10-12,16,21-22H,6,9,13-15,17-19H2. The van der Waals surface area contributed by atoms with Gasteiger partial charge in [-0.15, -0.1) is 10.2 Å². The zero-order chi connectivity index (χ0) is 22.6. The summed E-state index contributed by atoms with van der Waals surface area (Å²) in [5, 5.41) is 8.70. The lowest BCUT2D eigenvalue weighted by molar-refractivity contribution is -0.140. The Labute approximate surface area is 193 Å². The van der Waals surface area contributed by atoms with Gasteiger partial charge in [0.15, 0.2) is 5.65 Å². The summed E-state index contributed by atoms with van der Waals surface area (Å²) in [5.74, 6) is 1.36. The predicted molar refractivity (Wildman–Crippen MR) is 126 cm³/mol. The number of benzene rings is 1. The third-order valence-electron chi connectivity index (χ3n) is 6.81. The maximum atomic E-state index is 13.3. The van der Waals surface area contributed by atoms with Crippen molar-refractivity contribution in [1.29, 1.82) is 0 Å². The Kier molecular flexibility index (Phi) is 6.19. The molecule has 1 aromatic carbocycles. The van der Waals surface area contributed by atoms with E-state index < -0.39 is 0 Å². The molecule has 3 aromatic rings. The lowest BCUT2D eigenvalue weighted by Gasteiger charge is -2.37. The number of carbonyl (C=O) groups excluding carboxylic acids is 2. The molecule has 33 heavy (non-hydrogen) atoms. The minimum Gasteiger partial charge on any atom is -0.342 e. The molecular weight excluding hydrogens is 414 g/mol. The summed E-state index contributed by atoms with van der Waals surface area (Å²) in [6.45, 7) is 2.74. The average molecular weight is 444 g/mol. The molecule has 1 unspecified atom stereocenters. The Hall–Kier alpha value is -3.48. The first-order chi connectivity index (χ1) is 16.2. The van der Waals surface area contributed by atoms with E-state index in [1.54, 1.807) is 6.08 Å². The minimum absolute atomic E-state index is 0.0129. The number of fused-ring (bicyclic) bond motifs is 1. The molecule has 0 bridgehead atoms. The molecule has 0 saturated carbocycles. The Morgan fingerprint density at radius 3 is 2.48 bits per heavy atom. The van der Waals surface area contributed by atoms with Crippen LogP contribution in [0.15, 0.2) is 60.8 Å². The van der Waals surface area contributed by atoms with Crippen molar-refractivity contribution in [1.82, 2.24) is 24.4 Å². The molecule has 2 aliphatic heterocycles. The first-order valence-electron chi connectivity index (χ1n) is 11.8. The van der Waals surface area contributed by atoms with Crippen LogP contribution in [-0.2, 0) is 9.59 Å². The molecule has 5 rings (SSSR count). The zero-order valence-electron chi connectivity index (χ0n) is 18.7. The van der Waals surface area contributed by atoms with Crippen LogP contribution in [0.4, 0.5) is 0 Å². The van der Waals surface area contributed by atoms with Gasteiger partial charge >= 0.3 is 0 Å². The highest BCUT2D eigenvalue weighted by Crippen LogP contribution is 2.29. The monoisotopic (exact) mass is 443 g/mol. The molecule has 0 N–H and O–H groups in total. The molecule has 0 radical (unpaired) electrons. The SMILES string of the molecule is O=C(C=Cc1ccccc1)N1CCC(C(=O)N2CCCC(c3nnc4ccccn34)C2)CC1. The van der Waals surface area contributed by atoms with Crippen LogP contribution in [0.5, 0.6) is 0 Å². The van der Waals surface area contributed by atoms with E-state index in [4.69, 9.17) is 0 Å². The molecule has 1 atom stereocenters. The van der Waals surface area contributed by atoms with Crippen molar-refractivity contribution in [2.75, 3.05) is 26.2 Å². The van der Waals surface area contributed by atoms with Gasteiger partial charge in [0.05, 0.1) is 0 Å². The van der Waals surface area contributed by atoms with Crippen molar-refractivity contribution in [3.05, 3.63) is 72.2 Å². The Bertz CT molecular complexity index is 1150. The summed E-state index contributed by atoms with van der Waals surface area (Å²) >= 11 is 0. The van der Waals surface area contributed by atoms with E-state index in [2.05, 4.69) is 10.2 Å². The molecular formula is C26H29N5O2. The second kappa shape index (κ2) is 9.57. The van der Waals surface area contributed by atoms with Gasteiger partial charge in [-0.05, 0) is 49.5 Å². The third-order valence-corrected chi connectivity index (χ3v) is 6.81. The quantitative estimate of drug-likeness (QED) is 0.580. The normalized spacial score (nSPS) is 19.9. The van der Waals surface area contributed by atoms with Crippen LogP contribution in [0.25, 0.3) is 11.7 Å². The molecule has 7 nitrogen and oxygen atoms in total. The molecule has 170 valence electrons. The highest BCUT2D eigenvalue weighted by molar-refractivity contribution is 5.92. The second-order valence-corrected chi connectivity index (χ2v) is 8.95. The summed E-state index contributed by atoms with van der Waals surface area (Å²) in [6, 6.07) is 15.7. The second-order valence-electron chi connectivity index (χ2n) is 8.95. The fourth-order valence-corrected chi connectivity index (χ4v) is 4.97. The first kappa shape index (κ1) is 21.4.